The molecule has 0 bridgehead atoms. The fourth-order valence-electron chi connectivity index (χ4n) is 5.08. The minimum absolute atomic E-state index is 0.0338. The van der Waals surface area contributed by atoms with Crippen LogP contribution in [0.15, 0.2) is 24.3 Å². The van der Waals surface area contributed by atoms with Gasteiger partial charge in [0.05, 0.1) is 35.2 Å². The number of pyridine rings is 1. The van der Waals surface area contributed by atoms with Crippen LogP contribution in [0.25, 0.3) is 0 Å². The lowest BCUT2D eigenvalue weighted by Gasteiger charge is -2.44. The van der Waals surface area contributed by atoms with Crippen LogP contribution in [0.4, 0.5) is 42.8 Å². The third-order valence-electron chi connectivity index (χ3n) is 6.69. The Kier molecular flexibility index (Phi) is 7.94. The van der Waals surface area contributed by atoms with Gasteiger partial charge in [-0.1, -0.05) is 12.0 Å². The van der Waals surface area contributed by atoms with Gasteiger partial charge in [0.15, 0.2) is 0 Å². The molecular formula is C25H27F6N7O2. The Morgan fingerprint density at radius 2 is 1.73 bits per heavy atom. The number of ether oxygens (including phenoxy) is 1. The second-order valence-electron chi connectivity index (χ2n) is 9.42. The number of tetrazole rings is 1. The Labute approximate surface area is 225 Å². The molecule has 15 heteroatoms. The molecule has 0 saturated heterocycles. The Balaban J connectivity index is 1.89. The topological polar surface area (TPSA) is 100 Å². The third-order valence-corrected chi connectivity index (χ3v) is 6.69. The zero-order chi connectivity index (χ0) is 29.4. The fraction of sp³-hybridized carbons (Fsp3) is 0.480. The Hall–Kier alpha value is -3.91. The molecule has 0 fully saturated rings. The summed E-state index contributed by atoms with van der Waals surface area (Å²) in [6.07, 6.45) is -9.86. The van der Waals surface area contributed by atoms with Crippen molar-refractivity contribution in [1.82, 2.24) is 25.6 Å². The highest BCUT2D eigenvalue weighted by Gasteiger charge is 2.42. The van der Waals surface area contributed by atoms with Gasteiger partial charge in [-0.05, 0) is 68.7 Å². The summed E-state index contributed by atoms with van der Waals surface area (Å²) >= 11 is 0. The highest BCUT2D eigenvalue weighted by Crippen LogP contribution is 2.45. The van der Waals surface area contributed by atoms with Crippen molar-refractivity contribution < 1.29 is 35.9 Å². The lowest BCUT2D eigenvalue weighted by atomic mass is 9.88. The monoisotopic (exact) mass is 571 g/mol. The predicted octanol–water partition coefficient (Wildman–Crippen LogP) is 6.14. The van der Waals surface area contributed by atoms with Crippen LogP contribution in [0, 0.1) is 13.8 Å². The fourth-order valence-corrected chi connectivity index (χ4v) is 5.08. The average molecular weight is 572 g/mol. The van der Waals surface area contributed by atoms with Gasteiger partial charge in [0.2, 0.25) is 0 Å². The first-order valence-electron chi connectivity index (χ1n) is 12.5. The molecule has 4 rings (SSSR count). The van der Waals surface area contributed by atoms with Crippen molar-refractivity contribution in [3.63, 3.8) is 0 Å². The van der Waals surface area contributed by atoms with Crippen LogP contribution >= 0.6 is 0 Å². The Bertz CT molecular complexity index is 1330. The molecule has 1 aromatic carbocycles. The molecule has 1 amide bonds. The van der Waals surface area contributed by atoms with Crippen molar-refractivity contribution >= 4 is 17.7 Å². The van der Waals surface area contributed by atoms with E-state index in [1.54, 1.807) is 26.8 Å². The van der Waals surface area contributed by atoms with E-state index in [0.29, 0.717) is 41.2 Å². The molecule has 2 atom stereocenters. The third kappa shape index (κ3) is 5.82. The maximum atomic E-state index is 13.6. The number of alkyl halides is 6. The molecule has 1 aliphatic rings. The van der Waals surface area contributed by atoms with Crippen LogP contribution in [0.5, 0.6) is 0 Å². The minimum Gasteiger partial charge on any atom is -0.449 e. The number of aryl methyl sites for hydroxylation is 2. The van der Waals surface area contributed by atoms with Gasteiger partial charge in [-0.25, -0.2) is 4.79 Å². The first-order chi connectivity index (χ1) is 18.7. The SMILES string of the molecule is CCOC(=O)N1c2c(cc(C)nc2C)C(N(Cc2cc(C(F)(F)F)cc(C(F)(F)F)c2)c2nn[nH]n2)CC1CC. The van der Waals surface area contributed by atoms with E-state index in [2.05, 4.69) is 25.6 Å². The number of amides is 1. The summed E-state index contributed by atoms with van der Waals surface area (Å²) in [6.45, 7) is 6.72. The van der Waals surface area contributed by atoms with Crippen LogP contribution in [0.3, 0.4) is 0 Å². The van der Waals surface area contributed by atoms with Crippen LogP contribution in [-0.4, -0.2) is 44.4 Å². The summed E-state index contributed by atoms with van der Waals surface area (Å²) < 4.78 is 86.8. The van der Waals surface area contributed by atoms with Gasteiger partial charge in [-0.2, -0.15) is 31.6 Å². The number of hydrogen-bond donors (Lipinski definition) is 1. The smallest absolute Gasteiger partial charge is 0.416 e. The van der Waals surface area contributed by atoms with Crippen molar-refractivity contribution in [3.8, 4) is 0 Å². The number of rotatable bonds is 6. The molecule has 9 nitrogen and oxygen atoms in total. The number of H-pyrrole nitrogens is 1. The molecule has 3 heterocycles. The molecule has 216 valence electrons. The Morgan fingerprint density at radius 1 is 1.07 bits per heavy atom. The number of nitrogens with zero attached hydrogens (tertiary/aromatic N) is 6. The molecule has 0 spiro atoms. The summed E-state index contributed by atoms with van der Waals surface area (Å²) in [6, 6.07) is 2.08. The van der Waals surface area contributed by atoms with Crippen LogP contribution in [0.1, 0.15) is 66.4 Å². The number of anilines is 2. The van der Waals surface area contributed by atoms with E-state index in [1.165, 1.54) is 9.80 Å². The van der Waals surface area contributed by atoms with Gasteiger partial charge in [0, 0.05) is 23.8 Å². The summed E-state index contributed by atoms with van der Waals surface area (Å²) in [5.74, 6) is -0.0338. The highest BCUT2D eigenvalue weighted by molar-refractivity contribution is 5.91. The van der Waals surface area contributed by atoms with E-state index in [4.69, 9.17) is 4.74 Å². The van der Waals surface area contributed by atoms with Crippen LogP contribution in [0.2, 0.25) is 0 Å². The largest absolute Gasteiger partial charge is 0.449 e. The van der Waals surface area contributed by atoms with Gasteiger partial charge >= 0.3 is 18.4 Å². The van der Waals surface area contributed by atoms with Crippen LogP contribution in [-0.2, 0) is 23.6 Å². The number of halogens is 6. The van der Waals surface area contributed by atoms with Crippen LogP contribution < -0.4 is 9.80 Å². The van der Waals surface area contributed by atoms with Gasteiger partial charge < -0.3 is 9.64 Å². The number of hydrogen-bond acceptors (Lipinski definition) is 7. The number of nitrogens with one attached hydrogen (secondary N) is 1. The number of fused-ring (bicyclic) bond motifs is 1. The van der Waals surface area contributed by atoms with Crippen molar-refractivity contribution in [1.29, 1.82) is 0 Å². The van der Waals surface area contributed by atoms with E-state index in [0.717, 1.165) is 0 Å². The van der Waals surface area contributed by atoms with E-state index < -0.39 is 48.2 Å². The zero-order valence-corrected chi connectivity index (χ0v) is 22.1. The molecule has 2 unspecified atom stereocenters. The summed E-state index contributed by atoms with van der Waals surface area (Å²) in [5, 5.41) is 13.8. The van der Waals surface area contributed by atoms with Crippen molar-refractivity contribution in [2.75, 3.05) is 16.4 Å². The number of aromatic nitrogens is 5. The lowest BCUT2D eigenvalue weighted by molar-refractivity contribution is -0.143. The molecule has 1 aliphatic heterocycles. The van der Waals surface area contributed by atoms with Gasteiger partial charge in [0.25, 0.3) is 5.95 Å². The Morgan fingerprint density at radius 3 is 2.25 bits per heavy atom. The minimum atomic E-state index is -5.00. The number of aromatic amines is 1. The maximum Gasteiger partial charge on any atom is 0.416 e. The molecule has 40 heavy (non-hydrogen) atoms. The lowest BCUT2D eigenvalue weighted by Crippen LogP contribution is -2.48. The van der Waals surface area contributed by atoms with Crippen molar-refractivity contribution in [2.45, 2.75) is 71.5 Å². The zero-order valence-electron chi connectivity index (χ0n) is 22.1. The summed E-state index contributed by atoms with van der Waals surface area (Å²) in [5.41, 5.74) is -0.951. The summed E-state index contributed by atoms with van der Waals surface area (Å²) in [4.78, 5) is 20.5. The van der Waals surface area contributed by atoms with E-state index >= 15 is 0 Å². The molecule has 0 saturated carbocycles. The molecular weight excluding hydrogens is 544 g/mol. The van der Waals surface area contributed by atoms with Crippen molar-refractivity contribution in [3.05, 3.63) is 57.9 Å². The molecule has 0 radical (unpaired) electrons. The first-order valence-corrected chi connectivity index (χ1v) is 12.5. The molecule has 3 aromatic rings. The maximum absolute atomic E-state index is 13.6. The standard InChI is InChI=1S/C25H27F6N7O2/c1-5-18-11-20(19-7-13(3)32-14(4)21(19)38(18)23(39)40-6-2)37(22-33-35-36-34-22)12-15-8-16(24(26,27)28)10-17(9-15)25(29,30)31/h7-10,18,20H,5-6,11-12H2,1-4H3,(H,33,34,35,36). The highest BCUT2D eigenvalue weighted by atomic mass is 19.4. The van der Waals surface area contributed by atoms with E-state index in [1.807, 2.05) is 6.92 Å². The number of carbonyl (C=O) groups is 1. The van der Waals surface area contributed by atoms with E-state index in [9.17, 15) is 31.1 Å². The van der Waals surface area contributed by atoms with E-state index in [-0.39, 0.29) is 30.6 Å². The van der Waals surface area contributed by atoms with Gasteiger partial charge in [-0.3, -0.25) is 9.88 Å². The van der Waals surface area contributed by atoms with Gasteiger partial charge in [-0.15, -0.1) is 5.10 Å². The normalized spacial score (nSPS) is 17.5. The number of benzene rings is 1. The molecule has 0 aliphatic carbocycles. The quantitative estimate of drug-likeness (QED) is 0.355. The second-order valence-corrected chi connectivity index (χ2v) is 9.42. The second kappa shape index (κ2) is 10.9. The number of carbonyl (C=O) groups excluding carboxylic acids is 1. The summed E-state index contributed by atoms with van der Waals surface area (Å²) in [7, 11) is 0. The van der Waals surface area contributed by atoms with Crippen molar-refractivity contribution in [2.24, 2.45) is 0 Å². The first kappa shape index (κ1) is 29.1. The average Bonchev–Trinajstić information content (AvgIpc) is 3.40. The predicted molar refractivity (Wildman–Crippen MR) is 131 cm³/mol. The molecule has 1 N–H and O–H groups in total. The van der Waals surface area contributed by atoms with Gasteiger partial charge in [0.1, 0.15) is 0 Å². The molecule has 2 aromatic heterocycles.